The first-order valence-corrected chi connectivity index (χ1v) is 5.77. The van der Waals surface area contributed by atoms with Crippen molar-refractivity contribution in [2.45, 2.75) is 44.5 Å². The maximum Gasteiger partial charge on any atom is 0.112 e. The number of halogens is 1. The Bertz CT molecular complexity index is 255. The van der Waals surface area contributed by atoms with Gasteiger partial charge in [-0.2, -0.15) is 0 Å². The van der Waals surface area contributed by atoms with E-state index < -0.39 is 0 Å². The minimum Gasteiger partial charge on any atom is -0.335 e. The van der Waals surface area contributed by atoms with Gasteiger partial charge in [0.2, 0.25) is 0 Å². The monoisotopic (exact) mass is 244 g/mol. The van der Waals surface area contributed by atoms with Gasteiger partial charge in [0.25, 0.3) is 0 Å². The molecule has 0 aliphatic carbocycles. The molecule has 1 aromatic rings. The Morgan fingerprint density at radius 1 is 1.54 bits per heavy atom. The second kappa shape index (κ2) is 4.80. The fourth-order valence-electron chi connectivity index (χ4n) is 1.63. The molecule has 1 aromatic heterocycles. The molecular formula is C10H17BrN2. The fourth-order valence-corrected chi connectivity index (χ4v) is 2.24. The van der Waals surface area contributed by atoms with E-state index in [2.05, 4.69) is 46.3 Å². The molecule has 0 spiro atoms. The Balaban J connectivity index is 2.90. The number of aryl methyl sites for hydroxylation is 1. The quantitative estimate of drug-likeness (QED) is 0.745. The van der Waals surface area contributed by atoms with Gasteiger partial charge in [-0.1, -0.05) is 29.8 Å². The Hall–Kier alpha value is -0.310. The molecule has 74 valence electrons. The molecule has 0 fully saturated rings. The molecule has 2 nitrogen and oxygen atoms in total. The highest BCUT2D eigenvalue weighted by molar-refractivity contribution is 9.09. The number of rotatable bonds is 4. The Kier molecular flexibility index (Phi) is 3.97. The largest absolute Gasteiger partial charge is 0.335 e. The predicted octanol–water partition coefficient (Wildman–Crippen LogP) is 3.18. The maximum absolute atomic E-state index is 4.41. The van der Waals surface area contributed by atoms with Crippen LogP contribution in [0.1, 0.15) is 38.9 Å². The van der Waals surface area contributed by atoms with Crippen LogP contribution in [0.5, 0.6) is 0 Å². The SMILES string of the molecule is CCC(c1nccn1CC)C(C)Br. The van der Waals surface area contributed by atoms with Gasteiger partial charge < -0.3 is 4.57 Å². The highest BCUT2D eigenvalue weighted by Gasteiger charge is 2.18. The van der Waals surface area contributed by atoms with Crippen LogP contribution < -0.4 is 0 Å². The molecule has 1 heterocycles. The molecule has 0 saturated carbocycles. The van der Waals surface area contributed by atoms with Gasteiger partial charge in [-0.25, -0.2) is 4.98 Å². The Morgan fingerprint density at radius 3 is 2.69 bits per heavy atom. The number of hydrogen-bond acceptors (Lipinski definition) is 1. The summed E-state index contributed by atoms with van der Waals surface area (Å²) in [4.78, 5) is 4.90. The first-order valence-electron chi connectivity index (χ1n) is 4.85. The summed E-state index contributed by atoms with van der Waals surface area (Å²) in [7, 11) is 0. The third kappa shape index (κ3) is 2.33. The van der Waals surface area contributed by atoms with Crippen LogP contribution in [0.25, 0.3) is 0 Å². The molecule has 3 heteroatoms. The van der Waals surface area contributed by atoms with E-state index >= 15 is 0 Å². The van der Waals surface area contributed by atoms with Gasteiger partial charge in [0, 0.05) is 29.7 Å². The van der Waals surface area contributed by atoms with Gasteiger partial charge in [-0.3, -0.25) is 0 Å². The van der Waals surface area contributed by atoms with Crippen LogP contribution in [0.15, 0.2) is 12.4 Å². The van der Waals surface area contributed by atoms with Crippen molar-refractivity contribution in [3.8, 4) is 0 Å². The van der Waals surface area contributed by atoms with E-state index in [1.807, 2.05) is 12.4 Å². The fraction of sp³-hybridized carbons (Fsp3) is 0.700. The molecule has 0 N–H and O–H groups in total. The van der Waals surface area contributed by atoms with Gasteiger partial charge >= 0.3 is 0 Å². The summed E-state index contributed by atoms with van der Waals surface area (Å²) in [5, 5.41) is 0. The first-order chi connectivity index (χ1) is 6.20. The minimum absolute atomic E-state index is 0.491. The zero-order chi connectivity index (χ0) is 9.84. The summed E-state index contributed by atoms with van der Waals surface area (Å²) in [6.45, 7) is 7.54. The van der Waals surface area contributed by atoms with Gasteiger partial charge in [0.15, 0.2) is 0 Å². The molecule has 0 saturated heterocycles. The van der Waals surface area contributed by atoms with E-state index in [0.29, 0.717) is 10.7 Å². The summed E-state index contributed by atoms with van der Waals surface area (Å²) < 4.78 is 2.21. The van der Waals surface area contributed by atoms with Crippen molar-refractivity contribution in [3.05, 3.63) is 18.2 Å². The highest BCUT2D eigenvalue weighted by Crippen LogP contribution is 2.26. The molecule has 13 heavy (non-hydrogen) atoms. The lowest BCUT2D eigenvalue weighted by molar-refractivity contribution is 0.571. The number of imidazole rings is 1. The molecule has 2 atom stereocenters. The van der Waals surface area contributed by atoms with Crippen molar-refractivity contribution in [1.29, 1.82) is 0 Å². The molecule has 1 rings (SSSR count). The van der Waals surface area contributed by atoms with E-state index in [1.165, 1.54) is 5.82 Å². The Morgan fingerprint density at radius 2 is 2.23 bits per heavy atom. The summed E-state index contributed by atoms with van der Waals surface area (Å²) in [5.41, 5.74) is 0. The second-order valence-corrected chi connectivity index (χ2v) is 4.71. The predicted molar refractivity (Wildman–Crippen MR) is 59.3 cm³/mol. The third-order valence-corrected chi connectivity index (χ3v) is 3.05. The average Bonchev–Trinajstić information content (AvgIpc) is 2.53. The van der Waals surface area contributed by atoms with Gasteiger partial charge in [-0.05, 0) is 13.3 Å². The van der Waals surface area contributed by atoms with Gasteiger partial charge in [0.05, 0.1) is 0 Å². The van der Waals surface area contributed by atoms with Crippen LogP contribution in [0.4, 0.5) is 0 Å². The summed E-state index contributed by atoms with van der Waals surface area (Å²) >= 11 is 3.63. The molecule has 0 aliphatic rings. The molecule has 0 amide bonds. The average molecular weight is 245 g/mol. The lowest BCUT2D eigenvalue weighted by Gasteiger charge is -2.18. The normalized spacial score (nSPS) is 15.7. The third-order valence-electron chi connectivity index (χ3n) is 2.41. The molecular weight excluding hydrogens is 228 g/mol. The minimum atomic E-state index is 0.491. The first kappa shape index (κ1) is 10.8. The van der Waals surface area contributed by atoms with Gasteiger partial charge in [-0.15, -0.1) is 0 Å². The van der Waals surface area contributed by atoms with Crippen molar-refractivity contribution in [2.24, 2.45) is 0 Å². The van der Waals surface area contributed by atoms with Crippen molar-refractivity contribution in [2.75, 3.05) is 0 Å². The molecule has 0 radical (unpaired) electrons. The number of alkyl halides is 1. The van der Waals surface area contributed by atoms with Gasteiger partial charge in [0.1, 0.15) is 5.82 Å². The van der Waals surface area contributed by atoms with Crippen LogP contribution in [-0.4, -0.2) is 14.4 Å². The Labute approximate surface area is 88.5 Å². The zero-order valence-corrected chi connectivity index (χ0v) is 10.1. The van der Waals surface area contributed by atoms with Crippen molar-refractivity contribution in [1.82, 2.24) is 9.55 Å². The zero-order valence-electron chi connectivity index (χ0n) is 8.50. The topological polar surface area (TPSA) is 17.8 Å². The van der Waals surface area contributed by atoms with E-state index in [4.69, 9.17) is 0 Å². The lowest BCUT2D eigenvalue weighted by atomic mass is 10.0. The standard InChI is InChI=1S/C10H17BrN2/c1-4-9(8(3)11)10-12-6-7-13(10)5-2/h6-9H,4-5H2,1-3H3. The summed E-state index contributed by atoms with van der Waals surface area (Å²) in [5.74, 6) is 1.73. The molecule has 0 bridgehead atoms. The summed E-state index contributed by atoms with van der Waals surface area (Å²) in [6.07, 6.45) is 5.06. The number of hydrogen-bond donors (Lipinski definition) is 0. The van der Waals surface area contributed by atoms with Crippen LogP contribution in [0.2, 0.25) is 0 Å². The number of aromatic nitrogens is 2. The van der Waals surface area contributed by atoms with Crippen molar-refractivity contribution in [3.63, 3.8) is 0 Å². The van der Waals surface area contributed by atoms with E-state index in [1.54, 1.807) is 0 Å². The van der Waals surface area contributed by atoms with Crippen LogP contribution in [-0.2, 0) is 6.54 Å². The molecule has 2 unspecified atom stereocenters. The molecule has 0 aromatic carbocycles. The van der Waals surface area contributed by atoms with Crippen LogP contribution in [0, 0.1) is 0 Å². The van der Waals surface area contributed by atoms with E-state index in [9.17, 15) is 0 Å². The van der Waals surface area contributed by atoms with E-state index in [-0.39, 0.29) is 0 Å². The highest BCUT2D eigenvalue weighted by atomic mass is 79.9. The van der Waals surface area contributed by atoms with E-state index in [0.717, 1.165) is 13.0 Å². The second-order valence-electron chi connectivity index (χ2n) is 3.26. The summed E-state index contributed by atoms with van der Waals surface area (Å²) in [6, 6.07) is 0. The lowest BCUT2D eigenvalue weighted by Crippen LogP contribution is -2.14. The number of nitrogens with zero attached hydrogens (tertiary/aromatic N) is 2. The smallest absolute Gasteiger partial charge is 0.112 e. The molecule has 0 aliphatic heterocycles. The van der Waals surface area contributed by atoms with Crippen molar-refractivity contribution >= 4 is 15.9 Å². The van der Waals surface area contributed by atoms with Crippen LogP contribution in [0.3, 0.4) is 0 Å². The van der Waals surface area contributed by atoms with Crippen LogP contribution >= 0.6 is 15.9 Å². The maximum atomic E-state index is 4.41. The van der Waals surface area contributed by atoms with Crippen molar-refractivity contribution < 1.29 is 0 Å².